The number of aromatic nitrogens is 3. The molecule has 140 valence electrons. The molecule has 1 saturated heterocycles. The summed E-state index contributed by atoms with van der Waals surface area (Å²) >= 11 is 0. The van der Waals surface area contributed by atoms with E-state index < -0.39 is 6.10 Å². The van der Waals surface area contributed by atoms with E-state index in [0.717, 1.165) is 35.1 Å². The first-order chi connectivity index (χ1) is 13.1. The number of carbonyl (C=O) groups excluding carboxylic acids is 1. The van der Waals surface area contributed by atoms with Crippen molar-refractivity contribution in [1.82, 2.24) is 19.7 Å². The van der Waals surface area contributed by atoms with Crippen LogP contribution in [0.25, 0.3) is 10.9 Å². The molecule has 0 aliphatic carbocycles. The molecule has 2 atom stereocenters. The van der Waals surface area contributed by atoms with Gasteiger partial charge >= 0.3 is 0 Å². The van der Waals surface area contributed by atoms with E-state index in [-0.39, 0.29) is 11.8 Å². The molecule has 2 aromatic heterocycles. The lowest BCUT2D eigenvalue weighted by molar-refractivity contribution is 0.0763. The van der Waals surface area contributed by atoms with Crippen molar-refractivity contribution in [1.29, 1.82) is 0 Å². The molecule has 1 aliphatic rings. The van der Waals surface area contributed by atoms with E-state index in [2.05, 4.69) is 16.1 Å². The number of para-hydroxylation sites is 1. The molecular weight excluding hydrogens is 340 g/mol. The number of aryl methyl sites for hydroxylation is 1. The summed E-state index contributed by atoms with van der Waals surface area (Å²) in [5.41, 5.74) is 3.62. The summed E-state index contributed by atoms with van der Waals surface area (Å²) in [6, 6.07) is 10.0. The van der Waals surface area contributed by atoms with Gasteiger partial charge in [-0.3, -0.25) is 14.5 Å². The van der Waals surface area contributed by atoms with Crippen LogP contribution in [0.3, 0.4) is 0 Å². The van der Waals surface area contributed by atoms with Gasteiger partial charge in [0.15, 0.2) is 0 Å². The standard InChI is InChI=1S/C21H24N4O2/c1-3-25-14(2)18(11-23-25)21(27)24-12-16(20(26)13-24)10-15-8-9-22-19-7-5-4-6-17(15)19/h4-9,11,16,20,26H,3,10,12-13H2,1-2H3. The molecule has 3 aromatic rings. The third kappa shape index (κ3) is 3.21. The Morgan fingerprint density at radius 1 is 1.26 bits per heavy atom. The van der Waals surface area contributed by atoms with Gasteiger partial charge in [0.2, 0.25) is 0 Å². The maximum absolute atomic E-state index is 12.9. The molecule has 27 heavy (non-hydrogen) atoms. The van der Waals surface area contributed by atoms with Crippen LogP contribution in [0.15, 0.2) is 42.7 Å². The van der Waals surface area contributed by atoms with E-state index in [0.29, 0.717) is 18.7 Å². The number of aliphatic hydroxyl groups is 1. The van der Waals surface area contributed by atoms with E-state index in [1.165, 1.54) is 0 Å². The number of hydrogen-bond acceptors (Lipinski definition) is 4. The first kappa shape index (κ1) is 17.7. The third-order valence-electron chi connectivity index (χ3n) is 5.55. The molecule has 0 spiro atoms. The highest BCUT2D eigenvalue weighted by Crippen LogP contribution is 2.26. The van der Waals surface area contributed by atoms with Gasteiger partial charge in [0.1, 0.15) is 0 Å². The van der Waals surface area contributed by atoms with Crippen LogP contribution in [0, 0.1) is 12.8 Å². The summed E-state index contributed by atoms with van der Waals surface area (Å²) in [6.07, 6.45) is 3.64. The Hall–Kier alpha value is -2.73. The van der Waals surface area contributed by atoms with Gasteiger partial charge in [-0.05, 0) is 38.0 Å². The van der Waals surface area contributed by atoms with E-state index >= 15 is 0 Å². The van der Waals surface area contributed by atoms with Gasteiger partial charge in [-0.2, -0.15) is 5.10 Å². The zero-order valence-electron chi connectivity index (χ0n) is 15.7. The molecule has 1 fully saturated rings. The van der Waals surface area contributed by atoms with Crippen LogP contribution in [0.4, 0.5) is 0 Å². The monoisotopic (exact) mass is 364 g/mol. The van der Waals surface area contributed by atoms with Crippen LogP contribution in [0.1, 0.15) is 28.5 Å². The number of β-amino-alcohol motifs (C(OH)–C–C–N with tert-alkyl or cyclic N) is 1. The van der Waals surface area contributed by atoms with E-state index in [9.17, 15) is 9.90 Å². The normalized spacial score (nSPS) is 19.7. The number of likely N-dealkylation sites (tertiary alicyclic amines) is 1. The summed E-state index contributed by atoms with van der Waals surface area (Å²) in [5.74, 6) is -0.0328. The SMILES string of the molecule is CCn1ncc(C(=O)N2CC(O)C(Cc3ccnc4ccccc34)C2)c1C. The van der Waals surface area contributed by atoms with Crippen LogP contribution in [0.5, 0.6) is 0 Å². The highest BCUT2D eigenvalue weighted by molar-refractivity contribution is 5.95. The Labute approximate surface area is 158 Å². The zero-order chi connectivity index (χ0) is 19.0. The first-order valence-corrected chi connectivity index (χ1v) is 9.40. The van der Waals surface area contributed by atoms with Crippen molar-refractivity contribution >= 4 is 16.8 Å². The van der Waals surface area contributed by atoms with Crippen molar-refractivity contribution < 1.29 is 9.90 Å². The third-order valence-corrected chi connectivity index (χ3v) is 5.55. The number of carbonyl (C=O) groups is 1. The predicted molar refractivity (Wildman–Crippen MR) is 103 cm³/mol. The van der Waals surface area contributed by atoms with Crippen LogP contribution < -0.4 is 0 Å². The van der Waals surface area contributed by atoms with Gasteiger partial charge < -0.3 is 10.0 Å². The molecule has 0 radical (unpaired) electrons. The second kappa shape index (κ2) is 7.12. The maximum atomic E-state index is 12.9. The van der Waals surface area contributed by atoms with Gasteiger partial charge in [0.05, 0.1) is 23.4 Å². The number of benzene rings is 1. The number of rotatable bonds is 4. The minimum absolute atomic E-state index is 0.0151. The summed E-state index contributed by atoms with van der Waals surface area (Å²) in [4.78, 5) is 19.1. The number of amides is 1. The van der Waals surface area contributed by atoms with Gasteiger partial charge in [-0.1, -0.05) is 18.2 Å². The van der Waals surface area contributed by atoms with Crippen molar-refractivity contribution in [2.24, 2.45) is 5.92 Å². The Balaban J connectivity index is 1.53. The van der Waals surface area contributed by atoms with Crippen LogP contribution in [-0.4, -0.2) is 49.9 Å². The first-order valence-electron chi connectivity index (χ1n) is 9.40. The van der Waals surface area contributed by atoms with Crippen molar-refractivity contribution in [3.63, 3.8) is 0 Å². The second-order valence-electron chi connectivity index (χ2n) is 7.19. The highest BCUT2D eigenvalue weighted by Gasteiger charge is 2.35. The van der Waals surface area contributed by atoms with E-state index in [4.69, 9.17) is 0 Å². The zero-order valence-corrected chi connectivity index (χ0v) is 15.7. The summed E-state index contributed by atoms with van der Waals surface area (Å²) < 4.78 is 1.82. The van der Waals surface area contributed by atoms with Gasteiger partial charge in [-0.25, -0.2) is 0 Å². The Morgan fingerprint density at radius 3 is 2.85 bits per heavy atom. The number of nitrogens with zero attached hydrogens (tertiary/aromatic N) is 4. The second-order valence-corrected chi connectivity index (χ2v) is 7.19. The maximum Gasteiger partial charge on any atom is 0.257 e. The molecule has 6 heteroatoms. The fourth-order valence-corrected chi connectivity index (χ4v) is 3.98. The fourth-order valence-electron chi connectivity index (χ4n) is 3.98. The van der Waals surface area contributed by atoms with Crippen molar-refractivity contribution in [3.8, 4) is 0 Å². The average Bonchev–Trinajstić information content (AvgIpc) is 3.24. The van der Waals surface area contributed by atoms with E-state index in [1.807, 2.05) is 49.0 Å². The molecule has 3 heterocycles. The summed E-state index contributed by atoms with van der Waals surface area (Å²) in [5, 5.41) is 16.0. The minimum atomic E-state index is -0.526. The molecule has 1 aromatic carbocycles. The fraction of sp³-hybridized carbons (Fsp3) is 0.381. The molecule has 4 rings (SSSR count). The number of pyridine rings is 1. The quantitative estimate of drug-likeness (QED) is 0.772. The Bertz CT molecular complexity index is 976. The molecular formula is C21H24N4O2. The topological polar surface area (TPSA) is 71.2 Å². The molecule has 1 aliphatic heterocycles. The summed E-state index contributed by atoms with van der Waals surface area (Å²) in [7, 11) is 0. The number of hydrogen-bond donors (Lipinski definition) is 1. The van der Waals surface area contributed by atoms with E-state index in [1.54, 1.807) is 11.1 Å². The molecule has 0 saturated carbocycles. The molecule has 2 unspecified atom stereocenters. The van der Waals surface area contributed by atoms with Crippen molar-refractivity contribution in [2.45, 2.75) is 32.9 Å². The summed E-state index contributed by atoms with van der Waals surface area (Å²) in [6.45, 7) is 5.57. The predicted octanol–water partition coefficient (Wildman–Crippen LogP) is 2.44. The van der Waals surface area contributed by atoms with Crippen LogP contribution in [-0.2, 0) is 13.0 Å². The molecule has 6 nitrogen and oxygen atoms in total. The Kier molecular flexibility index (Phi) is 4.66. The lowest BCUT2D eigenvalue weighted by Gasteiger charge is -2.16. The van der Waals surface area contributed by atoms with Crippen LogP contribution >= 0.6 is 0 Å². The molecule has 0 bridgehead atoms. The molecule has 1 amide bonds. The van der Waals surface area contributed by atoms with Crippen molar-refractivity contribution in [3.05, 3.63) is 59.5 Å². The van der Waals surface area contributed by atoms with Gasteiger partial charge in [0.25, 0.3) is 5.91 Å². The minimum Gasteiger partial charge on any atom is -0.391 e. The largest absolute Gasteiger partial charge is 0.391 e. The Morgan fingerprint density at radius 2 is 2.07 bits per heavy atom. The smallest absolute Gasteiger partial charge is 0.257 e. The van der Waals surface area contributed by atoms with Gasteiger partial charge in [0, 0.05) is 42.8 Å². The molecule has 1 N–H and O–H groups in total. The van der Waals surface area contributed by atoms with Crippen LogP contribution in [0.2, 0.25) is 0 Å². The van der Waals surface area contributed by atoms with Gasteiger partial charge in [-0.15, -0.1) is 0 Å². The lowest BCUT2D eigenvalue weighted by atomic mass is 9.94. The highest BCUT2D eigenvalue weighted by atomic mass is 16.3. The number of aliphatic hydroxyl groups excluding tert-OH is 1. The average molecular weight is 364 g/mol. The lowest BCUT2D eigenvalue weighted by Crippen LogP contribution is -2.30. The number of fused-ring (bicyclic) bond motifs is 1. The van der Waals surface area contributed by atoms with Crippen molar-refractivity contribution in [2.75, 3.05) is 13.1 Å².